The molecule has 0 heterocycles. The molecular weight excluding hydrogens is 192 g/mol. The monoisotopic (exact) mass is 218 g/mol. The third-order valence-corrected chi connectivity index (χ3v) is 2.95. The van der Waals surface area contributed by atoms with Crippen LogP contribution in [0.4, 0.5) is 0 Å². The predicted octanol–water partition coefficient (Wildman–Crippen LogP) is 2.39. The van der Waals surface area contributed by atoms with Crippen LogP contribution in [0.25, 0.3) is 0 Å². The summed E-state index contributed by atoms with van der Waals surface area (Å²) in [5, 5.41) is 27.1. The SMILES string of the molecule is CCCCCCCCC(CC)C(O)(O)O. The average Bonchev–Trinajstić information content (AvgIpc) is 2.15. The van der Waals surface area contributed by atoms with Crippen LogP contribution in [0.3, 0.4) is 0 Å². The molecule has 0 aromatic rings. The van der Waals surface area contributed by atoms with E-state index >= 15 is 0 Å². The van der Waals surface area contributed by atoms with E-state index in [1.807, 2.05) is 6.92 Å². The van der Waals surface area contributed by atoms with Gasteiger partial charge in [-0.3, -0.25) is 0 Å². The van der Waals surface area contributed by atoms with Crippen molar-refractivity contribution in [3.05, 3.63) is 0 Å². The van der Waals surface area contributed by atoms with E-state index < -0.39 is 11.9 Å². The van der Waals surface area contributed by atoms with Gasteiger partial charge in [0.2, 0.25) is 0 Å². The molecular formula is C12H26O3. The number of unbranched alkanes of at least 4 members (excludes halogenated alkanes) is 5. The van der Waals surface area contributed by atoms with Gasteiger partial charge in [-0.15, -0.1) is 0 Å². The first-order valence-corrected chi connectivity index (χ1v) is 6.19. The molecule has 0 fully saturated rings. The molecule has 1 unspecified atom stereocenters. The summed E-state index contributed by atoms with van der Waals surface area (Å²) in [7, 11) is 0. The zero-order valence-corrected chi connectivity index (χ0v) is 10.1. The fourth-order valence-corrected chi connectivity index (χ4v) is 1.84. The number of hydrogen-bond acceptors (Lipinski definition) is 3. The molecule has 0 amide bonds. The molecule has 3 nitrogen and oxygen atoms in total. The predicted molar refractivity (Wildman–Crippen MR) is 61.2 cm³/mol. The van der Waals surface area contributed by atoms with E-state index in [4.69, 9.17) is 15.3 Å². The molecule has 0 aliphatic heterocycles. The molecule has 1 atom stereocenters. The smallest absolute Gasteiger partial charge is 0.278 e. The highest BCUT2D eigenvalue weighted by Crippen LogP contribution is 2.22. The summed E-state index contributed by atoms with van der Waals surface area (Å²) >= 11 is 0. The maximum atomic E-state index is 9.03. The van der Waals surface area contributed by atoms with Gasteiger partial charge in [0.25, 0.3) is 5.97 Å². The van der Waals surface area contributed by atoms with E-state index in [0.717, 1.165) is 12.8 Å². The zero-order chi connectivity index (χ0) is 11.7. The van der Waals surface area contributed by atoms with Crippen molar-refractivity contribution in [1.82, 2.24) is 0 Å². The topological polar surface area (TPSA) is 60.7 Å². The summed E-state index contributed by atoms with van der Waals surface area (Å²) in [6.45, 7) is 4.05. The average molecular weight is 218 g/mol. The summed E-state index contributed by atoms with van der Waals surface area (Å²) in [4.78, 5) is 0. The van der Waals surface area contributed by atoms with Crippen LogP contribution in [-0.2, 0) is 0 Å². The first-order valence-electron chi connectivity index (χ1n) is 6.19. The summed E-state index contributed by atoms with van der Waals surface area (Å²) in [5.74, 6) is -2.90. The molecule has 0 bridgehead atoms. The second kappa shape index (κ2) is 8.08. The molecule has 0 rings (SSSR count). The van der Waals surface area contributed by atoms with Crippen molar-refractivity contribution in [1.29, 1.82) is 0 Å². The minimum Gasteiger partial charge on any atom is -0.343 e. The van der Waals surface area contributed by atoms with Crippen LogP contribution in [0.5, 0.6) is 0 Å². The van der Waals surface area contributed by atoms with Gasteiger partial charge in [-0.25, -0.2) is 0 Å². The fraction of sp³-hybridized carbons (Fsp3) is 1.00. The van der Waals surface area contributed by atoms with E-state index in [0.29, 0.717) is 12.8 Å². The van der Waals surface area contributed by atoms with Crippen LogP contribution in [0.15, 0.2) is 0 Å². The normalized spacial score (nSPS) is 14.2. The van der Waals surface area contributed by atoms with Crippen LogP contribution >= 0.6 is 0 Å². The minimum atomic E-state index is -2.49. The molecule has 0 aromatic heterocycles. The Kier molecular flexibility index (Phi) is 8.02. The van der Waals surface area contributed by atoms with E-state index in [-0.39, 0.29) is 0 Å². The van der Waals surface area contributed by atoms with Crippen molar-refractivity contribution in [3.8, 4) is 0 Å². The van der Waals surface area contributed by atoms with Gasteiger partial charge >= 0.3 is 0 Å². The maximum Gasteiger partial charge on any atom is 0.278 e. The molecule has 0 aliphatic carbocycles. The summed E-state index contributed by atoms with van der Waals surface area (Å²) < 4.78 is 0. The lowest BCUT2D eigenvalue weighted by Gasteiger charge is -2.24. The molecule has 0 radical (unpaired) electrons. The highest BCUT2D eigenvalue weighted by Gasteiger charge is 2.29. The minimum absolute atomic E-state index is 0.413. The van der Waals surface area contributed by atoms with Crippen LogP contribution in [0, 0.1) is 5.92 Å². The Hall–Kier alpha value is -0.120. The second-order valence-corrected chi connectivity index (χ2v) is 4.35. The lowest BCUT2D eigenvalue weighted by molar-refractivity contribution is -0.343. The van der Waals surface area contributed by atoms with Crippen molar-refractivity contribution < 1.29 is 15.3 Å². The van der Waals surface area contributed by atoms with E-state index in [9.17, 15) is 0 Å². The van der Waals surface area contributed by atoms with Crippen molar-refractivity contribution in [2.45, 2.75) is 71.2 Å². The van der Waals surface area contributed by atoms with Crippen LogP contribution in [0.1, 0.15) is 65.2 Å². The molecule has 0 aromatic carbocycles. The molecule has 0 saturated carbocycles. The van der Waals surface area contributed by atoms with E-state index in [2.05, 4.69) is 6.92 Å². The van der Waals surface area contributed by atoms with Gasteiger partial charge in [-0.05, 0) is 12.8 Å². The van der Waals surface area contributed by atoms with Gasteiger partial charge in [0.05, 0.1) is 0 Å². The lowest BCUT2D eigenvalue weighted by atomic mass is 9.95. The van der Waals surface area contributed by atoms with Gasteiger partial charge in [-0.1, -0.05) is 52.4 Å². The fourth-order valence-electron chi connectivity index (χ4n) is 1.84. The van der Waals surface area contributed by atoms with Crippen LogP contribution < -0.4 is 0 Å². The summed E-state index contributed by atoms with van der Waals surface area (Å²) in [6.07, 6.45) is 8.35. The van der Waals surface area contributed by atoms with Crippen molar-refractivity contribution in [2.75, 3.05) is 0 Å². The first-order chi connectivity index (χ1) is 7.02. The van der Waals surface area contributed by atoms with E-state index in [1.165, 1.54) is 25.7 Å². The Bertz CT molecular complexity index is 140. The highest BCUT2D eigenvalue weighted by molar-refractivity contribution is 4.64. The van der Waals surface area contributed by atoms with E-state index in [1.54, 1.807) is 0 Å². The summed E-state index contributed by atoms with van der Waals surface area (Å²) in [6, 6.07) is 0. The van der Waals surface area contributed by atoms with Crippen molar-refractivity contribution in [2.24, 2.45) is 5.92 Å². The Morgan fingerprint density at radius 3 is 1.87 bits per heavy atom. The van der Waals surface area contributed by atoms with Gasteiger partial charge in [0.1, 0.15) is 0 Å². The number of rotatable bonds is 9. The first kappa shape index (κ1) is 14.9. The standard InChI is InChI=1S/C12H26O3/c1-3-5-6-7-8-9-10-11(4-2)12(13,14)15/h11,13-15H,3-10H2,1-2H3. The Balaban J connectivity index is 3.48. The van der Waals surface area contributed by atoms with Crippen molar-refractivity contribution in [3.63, 3.8) is 0 Å². The summed E-state index contributed by atoms with van der Waals surface area (Å²) in [5.41, 5.74) is 0. The van der Waals surface area contributed by atoms with Gasteiger partial charge in [0.15, 0.2) is 0 Å². The maximum absolute atomic E-state index is 9.03. The number of aliphatic hydroxyl groups is 3. The second-order valence-electron chi connectivity index (χ2n) is 4.35. The molecule has 0 spiro atoms. The van der Waals surface area contributed by atoms with Crippen molar-refractivity contribution >= 4 is 0 Å². The largest absolute Gasteiger partial charge is 0.343 e. The molecule has 0 saturated heterocycles. The Labute approximate surface area is 93.1 Å². The Morgan fingerprint density at radius 1 is 0.867 bits per heavy atom. The quantitative estimate of drug-likeness (QED) is 0.411. The Morgan fingerprint density at radius 2 is 1.40 bits per heavy atom. The third-order valence-electron chi connectivity index (χ3n) is 2.95. The lowest BCUT2D eigenvalue weighted by Crippen LogP contribution is -2.36. The third kappa shape index (κ3) is 7.77. The van der Waals surface area contributed by atoms with Crippen LogP contribution in [0.2, 0.25) is 0 Å². The van der Waals surface area contributed by atoms with Gasteiger partial charge in [0, 0.05) is 5.92 Å². The number of hydrogen-bond donors (Lipinski definition) is 3. The molecule has 92 valence electrons. The van der Waals surface area contributed by atoms with Gasteiger partial charge < -0.3 is 15.3 Å². The molecule has 15 heavy (non-hydrogen) atoms. The van der Waals surface area contributed by atoms with Gasteiger partial charge in [-0.2, -0.15) is 0 Å². The molecule has 3 heteroatoms. The zero-order valence-electron chi connectivity index (χ0n) is 10.1. The highest BCUT2D eigenvalue weighted by atomic mass is 16.7. The molecule has 0 aliphatic rings. The molecule has 3 N–H and O–H groups in total. The van der Waals surface area contributed by atoms with Crippen LogP contribution in [-0.4, -0.2) is 21.3 Å².